The van der Waals surface area contributed by atoms with Crippen LogP contribution in [0.5, 0.6) is 0 Å². The van der Waals surface area contributed by atoms with Crippen LogP contribution in [0.25, 0.3) is 0 Å². The molecule has 2 saturated heterocycles. The van der Waals surface area contributed by atoms with Crippen molar-refractivity contribution in [1.82, 2.24) is 10.2 Å². The molecule has 0 aromatic heterocycles. The van der Waals surface area contributed by atoms with E-state index in [1.807, 2.05) is 0 Å². The summed E-state index contributed by atoms with van der Waals surface area (Å²) < 4.78 is 45.5. The van der Waals surface area contributed by atoms with Crippen LogP contribution >= 0.6 is 0 Å². The first-order chi connectivity index (χ1) is 14.1. The van der Waals surface area contributed by atoms with E-state index >= 15 is 0 Å². The Labute approximate surface area is 172 Å². The van der Waals surface area contributed by atoms with Crippen LogP contribution in [0.3, 0.4) is 0 Å². The number of carbonyl (C=O) groups is 2. The molecule has 2 heterocycles. The number of likely N-dealkylation sites (tertiary alicyclic amines) is 1. The van der Waals surface area contributed by atoms with Crippen LogP contribution in [0.2, 0.25) is 0 Å². The molecule has 2 atom stereocenters. The maximum Gasteiger partial charge on any atom is 0.417 e. The van der Waals surface area contributed by atoms with Crippen molar-refractivity contribution >= 4 is 17.5 Å². The summed E-state index contributed by atoms with van der Waals surface area (Å²) in [6, 6.07) is 5.08. The summed E-state index contributed by atoms with van der Waals surface area (Å²) in [6.07, 6.45) is -4.76. The van der Waals surface area contributed by atoms with Gasteiger partial charge in [0.25, 0.3) is 5.91 Å². The van der Waals surface area contributed by atoms with Gasteiger partial charge in [-0.15, -0.1) is 0 Å². The van der Waals surface area contributed by atoms with Gasteiger partial charge >= 0.3 is 6.18 Å². The minimum atomic E-state index is -4.65. The summed E-state index contributed by atoms with van der Waals surface area (Å²) in [4.78, 5) is 27.3. The number of anilines is 1. The third-order valence-corrected chi connectivity index (χ3v) is 5.41. The Bertz CT molecular complexity index is 860. The van der Waals surface area contributed by atoms with Crippen LogP contribution in [-0.4, -0.2) is 54.7 Å². The summed E-state index contributed by atoms with van der Waals surface area (Å²) in [5.74, 6) is -0.320. The SMILES string of the molecule is CC(=O)NC1CCN(C(=O)[C@@H]2CN(c3ccc(C#N)c(C(F)(F)F)c3)[C@@H](C)O2)CC1. The van der Waals surface area contributed by atoms with E-state index in [0.29, 0.717) is 25.9 Å². The predicted octanol–water partition coefficient (Wildman–Crippen LogP) is 2.26. The first-order valence-corrected chi connectivity index (χ1v) is 9.69. The van der Waals surface area contributed by atoms with E-state index in [1.165, 1.54) is 13.0 Å². The lowest BCUT2D eigenvalue weighted by molar-refractivity contribution is -0.143. The lowest BCUT2D eigenvalue weighted by Crippen LogP contribution is -2.49. The van der Waals surface area contributed by atoms with Gasteiger partial charge in [0, 0.05) is 31.7 Å². The highest BCUT2D eigenvalue weighted by Gasteiger charge is 2.39. The van der Waals surface area contributed by atoms with Crippen molar-refractivity contribution in [3.63, 3.8) is 0 Å². The number of carbonyl (C=O) groups excluding carboxylic acids is 2. The number of amides is 2. The monoisotopic (exact) mass is 424 g/mol. The summed E-state index contributed by atoms with van der Waals surface area (Å²) >= 11 is 0. The van der Waals surface area contributed by atoms with Crippen LogP contribution in [-0.2, 0) is 20.5 Å². The highest BCUT2D eigenvalue weighted by atomic mass is 19.4. The summed E-state index contributed by atoms with van der Waals surface area (Å²) in [7, 11) is 0. The zero-order valence-corrected chi connectivity index (χ0v) is 16.7. The average Bonchev–Trinajstić information content (AvgIpc) is 3.08. The maximum absolute atomic E-state index is 13.3. The third kappa shape index (κ3) is 4.67. The molecule has 0 radical (unpaired) electrons. The van der Waals surface area contributed by atoms with Crippen LogP contribution < -0.4 is 10.2 Å². The molecule has 0 aliphatic carbocycles. The second-order valence-electron chi connectivity index (χ2n) is 7.52. The first-order valence-electron chi connectivity index (χ1n) is 9.69. The molecular weight excluding hydrogens is 401 g/mol. The van der Waals surface area contributed by atoms with Gasteiger partial charge in [0.15, 0.2) is 6.10 Å². The predicted molar refractivity (Wildman–Crippen MR) is 101 cm³/mol. The number of ether oxygens (including phenoxy) is 1. The molecule has 1 aromatic rings. The molecule has 0 bridgehead atoms. The number of benzene rings is 1. The molecule has 2 aliphatic heterocycles. The molecule has 1 N–H and O–H groups in total. The number of alkyl halides is 3. The standard InChI is InChI=1S/C20H23F3N4O3/c1-12(28)25-15-5-7-26(8-6-15)19(29)18-11-27(13(2)30-18)16-4-3-14(10-24)17(9-16)20(21,22)23/h3-4,9,13,15,18H,5-8,11H2,1-2H3,(H,25,28)/t13-,18+/m1/s1. The van der Waals surface area contributed by atoms with Gasteiger partial charge in [-0.2, -0.15) is 18.4 Å². The lowest BCUT2D eigenvalue weighted by Gasteiger charge is -2.33. The second-order valence-corrected chi connectivity index (χ2v) is 7.52. The number of piperidine rings is 1. The molecule has 2 aliphatic rings. The zero-order chi connectivity index (χ0) is 22.1. The van der Waals surface area contributed by atoms with E-state index in [1.54, 1.807) is 22.8 Å². The van der Waals surface area contributed by atoms with E-state index < -0.39 is 29.6 Å². The molecule has 162 valence electrons. The van der Waals surface area contributed by atoms with Crippen molar-refractivity contribution in [3.05, 3.63) is 29.3 Å². The quantitative estimate of drug-likeness (QED) is 0.805. The minimum absolute atomic E-state index is 0.0332. The van der Waals surface area contributed by atoms with Crippen LogP contribution in [0, 0.1) is 11.3 Å². The van der Waals surface area contributed by atoms with Gasteiger partial charge in [-0.25, -0.2) is 0 Å². The number of nitrogens with zero attached hydrogens (tertiary/aromatic N) is 3. The van der Waals surface area contributed by atoms with Gasteiger partial charge in [-0.3, -0.25) is 9.59 Å². The van der Waals surface area contributed by atoms with Crippen molar-refractivity contribution in [3.8, 4) is 6.07 Å². The number of hydrogen-bond acceptors (Lipinski definition) is 5. The van der Waals surface area contributed by atoms with E-state index in [9.17, 15) is 22.8 Å². The number of nitrogens with one attached hydrogen (secondary N) is 1. The third-order valence-electron chi connectivity index (χ3n) is 5.41. The Morgan fingerprint density at radius 2 is 1.93 bits per heavy atom. The number of rotatable bonds is 3. The van der Waals surface area contributed by atoms with E-state index in [2.05, 4.69) is 5.32 Å². The number of nitriles is 1. The molecule has 0 saturated carbocycles. The zero-order valence-electron chi connectivity index (χ0n) is 16.7. The molecule has 2 amide bonds. The van der Waals surface area contributed by atoms with E-state index in [0.717, 1.165) is 12.1 Å². The Hall–Kier alpha value is -2.80. The van der Waals surface area contributed by atoms with Crippen LogP contribution in [0.1, 0.15) is 37.8 Å². The Kier molecular flexibility index (Phi) is 6.22. The van der Waals surface area contributed by atoms with Gasteiger partial charge in [0.05, 0.1) is 23.7 Å². The average molecular weight is 424 g/mol. The fraction of sp³-hybridized carbons (Fsp3) is 0.550. The van der Waals surface area contributed by atoms with E-state index in [-0.39, 0.29) is 30.1 Å². The second kappa shape index (κ2) is 8.52. The molecule has 0 spiro atoms. The Balaban J connectivity index is 1.68. The van der Waals surface area contributed by atoms with Crippen molar-refractivity contribution in [2.45, 2.75) is 51.2 Å². The summed E-state index contributed by atoms with van der Waals surface area (Å²) in [5.41, 5.74) is -1.22. The fourth-order valence-corrected chi connectivity index (χ4v) is 3.91. The molecule has 2 fully saturated rings. The topological polar surface area (TPSA) is 85.7 Å². The largest absolute Gasteiger partial charge is 0.417 e. The molecule has 0 unspecified atom stereocenters. The Morgan fingerprint density at radius 3 is 2.50 bits per heavy atom. The minimum Gasteiger partial charge on any atom is -0.353 e. The Morgan fingerprint density at radius 1 is 1.27 bits per heavy atom. The van der Waals surface area contributed by atoms with Crippen molar-refractivity contribution < 1.29 is 27.5 Å². The van der Waals surface area contributed by atoms with Crippen molar-refractivity contribution in [2.24, 2.45) is 0 Å². The molecule has 30 heavy (non-hydrogen) atoms. The molecule has 3 rings (SSSR count). The lowest BCUT2D eigenvalue weighted by atomic mass is 10.0. The van der Waals surface area contributed by atoms with Gasteiger partial charge in [0.1, 0.15) is 6.23 Å². The van der Waals surface area contributed by atoms with Gasteiger partial charge in [0.2, 0.25) is 5.91 Å². The first kappa shape index (κ1) is 21.9. The number of hydrogen-bond donors (Lipinski definition) is 1. The van der Waals surface area contributed by atoms with Gasteiger partial charge < -0.3 is 19.9 Å². The normalized spacial score (nSPS) is 22.7. The van der Waals surface area contributed by atoms with Crippen molar-refractivity contribution in [2.75, 3.05) is 24.5 Å². The fourth-order valence-electron chi connectivity index (χ4n) is 3.91. The van der Waals surface area contributed by atoms with Gasteiger partial charge in [-0.1, -0.05) is 0 Å². The smallest absolute Gasteiger partial charge is 0.353 e. The maximum atomic E-state index is 13.3. The van der Waals surface area contributed by atoms with Crippen molar-refractivity contribution in [1.29, 1.82) is 5.26 Å². The molecule has 7 nitrogen and oxygen atoms in total. The molecule has 1 aromatic carbocycles. The summed E-state index contributed by atoms with van der Waals surface area (Å²) in [5, 5.41) is 11.8. The highest BCUT2D eigenvalue weighted by molar-refractivity contribution is 5.82. The van der Waals surface area contributed by atoms with Gasteiger partial charge in [-0.05, 0) is 38.0 Å². The van der Waals surface area contributed by atoms with Crippen LogP contribution in [0.15, 0.2) is 18.2 Å². The molecular formula is C20H23F3N4O3. The van der Waals surface area contributed by atoms with Crippen LogP contribution in [0.4, 0.5) is 18.9 Å². The molecule has 10 heteroatoms. The summed E-state index contributed by atoms with van der Waals surface area (Å²) in [6.45, 7) is 4.20. The number of halogens is 3. The highest BCUT2D eigenvalue weighted by Crippen LogP contribution is 2.36. The van der Waals surface area contributed by atoms with E-state index in [4.69, 9.17) is 10.00 Å².